The molecule has 2 saturated heterocycles. The topological polar surface area (TPSA) is 65.1 Å². The zero-order valence-electron chi connectivity index (χ0n) is 17.9. The highest BCUT2D eigenvalue weighted by Gasteiger charge is 2.43. The van der Waals surface area contributed by atoms with E-state index in [4.69, 9.17) is 4.74 Å². The quantitative estimate of drug-likeness (QED) is 0.684. The minimum absolute atomic E-state index is 0. The molecule has 0 unspecified atom stereocenters. The van der Waals surface area contributed by atoms with Gasteiger partial charge in [0.2, 0.25) is 5.91 Å². The van der Waals surface area contributed by atoms with Gasteiger partial charge in [0.15, 0.2) is 0 Å². The van der Waals surface area contributed by atoms with E-state index >= 15 is 0 Å². The number of piperazine rings is 1. The van der Waals surface area contributed by atoms with Crippen LogP contribution in [0.1, 0.15) is 44.9 Å². The van der Waals surface area contributed by atoms with Gasteiger partial charge in [0.05, 0.1) is 6.54 Å². The molecule has 0 atom stereocenters. The molecule has 2 aliphatic heterocycles. The summed E-state index contributed by atoms with van der Waals surface area (Å²) in [5, 5.41) is 3.30. The van der Waals surface area contributed by atoms with E-state index in [1.807, 2.05) is 16.8 Å². The summed E-state index contributed by atoms with van der Waals surface area (Å²) in [5.74, 6) is 0.338. The zero-order valence-corrected chi connectivity index (χ0v) is 19.5. The van der Waals surface area contributed by atoms with E-state index in [0.29, 0.717) is 25.7 Å². The highest BCUT2D eigenvalue weighted by Crippen LogP contribution is 2.26. The summed E-state index contributed by atoms with van der Waals surface area (Å²) in [6.45, 7) is 4.98. The number of nitrogens with zero attached hydrogens (tertiary/aromatic N) is 3. The molecule has 1 N–H and O–H groups in total. The van der Waals surface area contributed by atoms with Crippen LogP contribution in [-0.4, -0.2) is 98.1 Å². The summed E-state index contributed by atoms with van der Waals surface area (Å²) < 4.78 is 5.68. The van der Waals surface area contributed by atoms with E-state index in [1.54, 1.807) is 7.11 Å². The van der Waals surface area contributed by atoms with Crippen molar-refractivity contribution in [3.63, 3.8) is 0 Å². The first kappa shape index (κ1) is 26.4. The van der Waals surface area contributed by atoms with Crippen molar-refractivity contribution in [2.24, 2.45) is 0 Å². The second-order valence-corrected chi connectivity index (χ2v) is 8.31. The van der Waals surface area contributed by atoms with Crippen LogP contribution in [0.15, 0.2) is 0 Å². The maximum atomic E-state index is 13.0. The fourth-order valence-corrected chi connectivity index (χ4v) is 4.71. The average Bonchev–Trinajstić information content (AvgIpc) is 2.74. The SMILES string of the molecule is COC1(C(=O)N2CCN(CC(=O)N(C)C3CCCCC3)CC2)CCNCC1.Cl.Cl. The molecular weight excluding hydrogens is 415 g/mol. The molecule has 2 amide bonds. The number of methoxy groups -OCH3 is 1. The van der Waals surface area contributed by atoms with Gasteiger partial charge in [0, 0.05) is 46.4 Å². The van der Waals surface area contributed by atoms with Crippen molar-refractivity contribution in [2.75, 3.05) is 60.0 Å². The Hall–Kier alpha value is -0.600. The lowest BCUT2D eigenvalue weighted by Crippen LogP contribution is -2.59. The van der Waals surface area contributed by atoms with Crippen LogP contribution in [0, 0.1) is 0 Å². The van der Waals surface area contributed by atoms with E-state index < -0.39 is 5.60 Å². The molecule has 0 aromatic heterocycles. The van der Waals surface area contributed by atoms with Crippen molar-refractivity contribution in [3.05, 3.63) is 0 Å². The number of nitrogens with one attached hydrogen (secondary N) is 1. The van der Waals surface area contributed by atoms with Crippen LogP contribution in [0.3, 0.4) is 0 Å². The molecule has 3 aliphatic rings. The predicted octanol–water partition coefficient (Wildman–Crippen LogP) is 1.53. The van der Waals surface area contributed by atoms with Crippen molar-refractivity contribution in [3.8, 4) is 0 Å². The Kier molecular flexibility index (Phi) is 11.2. The Morgan fingerprint density at radius 2 is 1.62 bits per heavy atom. The van der Waals surface area contributed by atoms with Gasteiger partial charge in [0.1, 0.15) is 5.60 Å². The van der Waals surface area contributed by atoms with Gasteiger partial charge < -0.3 is 19.9 Å². The second-order valence-electron chi connectivity index (χ2n) is 8.31. The van der Waals surface area contributed by atoms with Crippen LogP contribution in [0.4, 0.5) is 0 Å². The van der Waals surface area contributed by atoms with Gasteiger partial charge in [-0.3, -0.25) is 14.5 Å². The van der Waals surface area contributed by atoms with Crippen LogP contribution in [0.25, 0.3) is 0 Å². The molecule has 0 aromatic rings. The third-order valence-corrected chi connectivity index (χ3v) is 6.73. The Bertz CT molecular complexity index is 518. The Morgan fingerprint density at radius 1 is 1.03 bits per heavy atom. The molecule has 29 heavy (non-hydrogen) atoms. The van der Waals surface area contributed by atoms with Gasteiger partial charge in [0.25, 0.3) is 5.91 Å². The molecule has 0 aromatic carbocycles. The smallest absolute Gasteiger partial charge is 0.254 e. The van der Waals surface area contributed by atoms with Gasteiger partial charge in [-0.05, 0) is 38.8 Å². The highest BCUT2D eigenvalue weighted by molar-refractivity contribution is 5.86. The number of amides is 2. The molecule has 3 rings (SSSR count). The lowest BCUT2D eigenvalue weighted by molar-refractivity contribution is -0.160. The first-order valence-electron chi connectivity index (χ1n) is 10.6. The van der Waals surface area contributed by atoms with Gasteiger partial charge >= 0.3 is 0 Å². The summed E-state index contributed by atoms with van der Waals surface area (Å²) in [6.07, 6.45) is 7.50. The maximum Gasteiger partial charge on any atom is 0.254 e. The molecule has 0 bridgehead atoms. The summed E-state index contributed by atoms with van der Waals surface area (Å²) in [6, 6.07) is 0.413. The summed E-state index contributed by atoms with van der Waals surface area (Å²) in [4.78, 5) is 31.8. The van der Waals surface area contributed by atoms with E-state index in [-0.39, 0.29) is 36.6 Å². The predicted molar refractivity (Wildman–Crippen MR) is 119 cm³/mol. The second kappa shape index (κ2) is 12.3. The third kappa shape index (κ3) is 6.44. The van der Waals surface area contributed by atoms with Crippen molar-refractivity contribution < 1.29 is 14.3 Å². The Labute approximate surface area is 187 Å². The molecule has 0 radical (unpaired) electrons. The minimum Gasteiger partial charge on any atom is -0.368 e. The molecule has 3 fully saturated rings. The normalized spacial score (nSPS) is 22.9. The molecule has 170 valence electrons. The number of piperidine rings is 1. The van der Waals surface area contributed by atoms with E-state index in [1.165, 1.54) is 19.3 Å². The monoisotopic (exact) mass is 452 g/mol. The number of halogens is 2. The molecule has 7 nitrogen and oxygen atoms in total. The molecule has 2 heterocycles. The van der Waals surface area contributed by atoms with Crippen LogP contribution >= 0.6 is 24.8 Å². The fourth-order valence-electron chi connectivity index (χ4n) is 4.71. The van der Waals surface area contributed by atoms with Crippen molar-refractivity contribution in [1.29, 1.82) is 0 Å². The lowest BCUT2D eigenvalue weighted by atomic mass is 9.90. The van der Waals surface area contributed by atoms with Crippen molar-refractivity contribution in [2.45, 2.75) is 56.6 Å². The number of hydrogen-bond donors (Lipinski definition) is 1. The Morgan fingerprint density at radius 3 is 2.17 bits per heavy atom. The van der Waals surface area contributed by atoms with E-state index in [9.17, 15) is 9.59 Å². The average molecular weight is 453 g/mol. The molecular formula is C20H38Cl2N4O3. The lowest BCUT2D eigenvalue weighted by Gasteiger charge is -2.42. The van der Waals surface area contributed by atoms with Gasteiger partial charge in [-0.1, -0.05) is 19.3 Å². The van der Waals surface area contributed by atoms with E-state index in [0.717, 1.165) is 51.9 Å². The summed E-state index contributed by atoms with van der Waals surface area (Å²) in [5.41, 5.74) is -0.662. The fraction of sp³-hybridized carbons (Fsp3) is 0.900. The van der Waals surface area contributed by atoms with Crippen LogP contribution in [0.2, 0.25) is 0 Å². The molecule has 9 heteroatoms. The number of carbonyl (C=O) groups is 2. The zero-order chi connectivity index (χ0) is 19.3. The van der Waals surface area contributed by atoms with Crippen molar-refractivity contribution in [1.82, 2.24) is 20.0 Å². The van der Waals surface area contributed by atoms with Gasteiger partial charge in [-0.25, -0.2) is 0 Å². The number of carbonyl (C=O) groups excluding carboxylic acids is 2. The number of rotatable bonds is 5. The third-order valence-electron chi connectivity index (χ3n) is 6.73. The number of likely N-dealkylation sites (N-methyl/N-ethyl adjacent to an activating group) is 1. The maximum absolute atomic E-state index is 13.0. The Balaban J connectivity index is 0.00000210. The number of hydrogen-bond acceptors (Lipinski definition) is 5. The first-order chi connectivity index (χ1) is 13.1. The summed E-state index contributed by atoms with van der Waals surface area (Å²) in [7, 11) is 3.61. The van der Waals surface area contributed by atoms with E-state index in [2.05, 4.69) is 10.2 Å². The van der Waals surface area contributed by atoms with Crippen LogP contribution < -0.4 is 5.32 Å². The van der Waals surface area contributed by atoms with Gasteiger partial charge in [-0.15, -0.1) is 24.8 Å². The largest absolute Gasteiger partial charge is 0.368 e. The number of ether oxygens (including phenoxy) is 1. The first-order valence-corrected chi connectivity index (χ1v) is 10.6. The summed E-state index contributed by atoms with van der Waals surface area (Å²) >= 11 is 0. The highest BCUT2D eigenvalue weighted by atomic mass is 35.5. The molecule has 0 spiro atoms. The van der Waals surface area contributed by atoms with Crippen molar-refractivity contribution >= 4 is 36.6 Å². The molecule has 1 aliphatic carbocycles. The standard InChI is InChI=1S/C20H36N4O3.2ClH/c1-22(17-6-4-3-5-7-17)18(25)16-23-12-14-24(15-13-23)19(26)20(27-2)8-10-21-11-9-20;;/h17,21H,3-16H2,1-2H3;2*1H. The minimum atomic E-state index is -0.662. The molecule has 1 saturated carbocycles. The van der Waals surface area contributed by atoms with Crippen LogP contribution in [0.5, 0.6) is 0 Å². The van der Waals surface area contributed by atoms with Gasteiger partial charge in [-0.2, -0.15) is 0 Å². The van der Waals surface area contributed by atoms with Crippen LogP contribution in [-0.2, 0) is 14.3 Å².